The predicted octanol–water partition coefficient (Wildman–Crippen LogP) is 1.44. The highest BCUT2D eigenvalue weighted by Gasteiger charge is 2.23. The van der Waals surface area contributed by atoms with E-state index in [0.717, 1.165) is 0 Å². The van der Waals surface area contributed by atoms with Gasteiger partial charge in [-0.1, -0.05) is 12.1 Å². The number of hydrogen-bond donors (Lipinski definition) is 1. The molecule has 0 bridgehead atoms. The highest BCUT2D eigenvalue weighted by molar-refractivity contribution is 6.06. The Labute approximate surface area is 86.0 Å². The number of nitriles is 1. The average Bonchev–Trinajstić information content (AvgIpc) is 2.38. The molecule has 0 saturated heterocycles. The number of fused-ring (bicyclic) bond motifs is 1. The lowest BCUT2D eigenvalue weighted by Crippen LogP contribution is -2.11. The largest absolute Gasteiger partial charge is 0.506 e. The van der Waals surface area contributed by atoms with Crippen molar-refractivity contribution in [2.75, 3.05) is 6.61 Å². The van der Waals surface area contributed by atoms with Crippen LogP contribution in [0.4, 0.5) is 0 Å². The van der Waals surface area contributed by atoms with Gasteiger partial charge >= 0.3 is 0 Å². The van der Waals surface area contributed by atoms with Gasteiger partial charge in [-0.3, -0.25) is 4.79 Å². The molecule has 4 heteroatoms. The Morgan fingerprint density at radius 3 is 2.87 bits per heavy atom. The number of rotatable bonds is 0. The van der Waals surface area contributed by atoms with E-state index in [9.17, 15) is 9.90 Å². The Morgan fingerprint density at radius 2 is 2.13 bits per heavy atom. The van der Waals surface area contributed by atoms with Gasteiger partial charge in [0.2, 0.25) is 5.78 Å². The number of ether oxygens (including phenoxy) is 1. The minimum Gasteiger partial charge on any atom is -0.506 e. The maximum absolute atomic E-state index is 11.4. The molecule has 2 rings (SSSR count). The standard InChI is InChI=1S/C11H7NO3/c12-5-8-9(13)6-15-10-4-2-1-3-7(10)11(8)14/h1-4,14H,6H2. The average molecular weight is 201 g/mol. The molecule has 4 nitrogen and oxygen atoms in total. The Kier molecular flexibility index (Phi) is 2.14. The summed E-state index contributed by atoms with van der Waals surface area (Å²) in [5.41, 5.74) is 0.125. The van der Waals surface area contributed by atoms with Crippen LogP contribution in [0.3, 0.4) is 0 Å². The van der Waals surface area contributed by atoms with Gasteiger partial charge in [0.15, 0.2) is 6.61 Å². The number of carbonyl (C=O) groups is 1. The molecule has 1 aromatic rings. The van der Waals surface area contributed by atoms with Crippen LogP contribution in [0.5, 0.6) is 5.75 Å². The van der Waals surface area contributed by atoms with Crippen molar-refractivity contribution >= 4 is 11.5 Å². The fraction of sp³-hybridized carbons (Fsp3) is 0.0909. The highest BCUT2D eigenvalue weighted by atomic mass is 16.5. The fourth-order valence-electron chi connectivity index (χ4n) is 1.39. The number of carbonyl (C=O) groups excluding carboxylic acids is 1. The minimum absolute atomic E-state index is 0.218. The van der Waals surface area contributed by atoms with E-state index in [0.29, 0.717) is 11.3 Å². The number of ketones is 1. The van der Waals surface area contributed by atoms with Crippen molar-refractivity contribution < 1.29 is 14.6 Å². The molecule has 0 aromatic heterocycles. The molecule has 0 unspecified atom stereocenters. The van der Waals surface area contributed by atoms with Crippen LogP contribution in [0, 0.1) is 11.3 Å². The number of aliphatic hydroxyl groups excluding tert-OH is 1. The van der Waals surface area contributed by atoms with Crippen LogP contribution >= 0.6 is 0 Å². The Morgan fingerprint density at radius 1 is 1.40 bits per heavy atom. The van der Waals surface area contributed by atoms with Gasteiger partial charge in [-0.25, -0.2) is 0 Å². The van der Waals surface area contributed by atoms with Gasteiger partial charge in [0.05, 0.1) is 5.56 Å². The quantitative estimate of drug-likeness (QED) is 0.689. The predicted molar refractivity (Wildman–Crippen MR) is 52.1 cm³/mol. The third-order valence-electron chi connectivity index (χ3n) is 2.13. The topological polar surface area (TPSA) is 70.3 Å². The zero-order chi connectivity index (χ0) is 10.8. The summed E-state index contributed by atoms with van der Waals surface area (Å²) in [7, 11) is 0. The summed E-state index contributed by atoms with van der Waals surface area (Å²) in [5, 5.41) is 18.5. The lowest BCUT2D eigenvalue weighted by molar-refractivity contribution is -0.117. The summed E-state index contributed by atoms with van der Waals surface area (Å²) >= 11 is 0. The Bertz CT molecular complexity index is 497. The highest BCUT2D eigenvalue weighted by Crippen LogP contribution is 2.29. The van der Waals surface area contributed by atoms with Gasteiger partial charge in [-0.05, 0) is 12.1 Å². The van der Waals surface area contributed by atoms with E-state index < -0.39 is 5.78 Å². The summed E-state index contributed by atoms with van der Waals surface area (Å²) in [6, 6.07) is 8.35. The van der Waals surface area contributed by atoms with Gasteiger partial charge in [0.25, 0.3) is 0 Å². The molecule has 1 aromatic carbocycles. The van der Waals surface area contributed by atoms with Crippen molar-refractivity contribution in [3.05, 3.63) is 35.4 Å². The monoisotopic (exact) mass is 201 g/mol. The number of nitrogens with zero attached hydrogens (tertiary/aromatic N) is 1. The van der Waals surface area contributed by atoms with E-state index in [2.05, 4.69) is 0 Å². The van der Waals surface area contributed by atoms with Crippen molar-refractivity contribution in [3.8, 4) is 11.8 Å². The molecule has 1 N–H and O–H groups in total. The van der Waals surface area contributed by atoms with Crippen molar-refractivity contribution in [1.82, 2.24) is 0 Å². The van der Waals surface area contributed by atoms with E-state index in [1.165, 1.54) is 0 Å². The smallest absolute Gasteiger partial charge is 0.214 e. The summed E-state index contributed by atoms with van der Waals surface area (Å²) < 4.78 is 5.16. The number of para-hydroxylation sites is 1. The molecular weight excluding hydrogens is 194 g/mol. The summed E-state index contributed by atoms with van der Waals surface area (Å²) in [6.45, 7) is -0.218. The van der Waals surface area contributed by atoms with Crippen molar-refractivity contribution in [3.63, 3.8) is 0 Å². The summed E-state index contributed by atoms with van der Waals surface area (Å²) in [5.74, 6) is -0.407. The first-order valence-corrected chi connectivity index (χ1v) is 4.33. The molecule has 0 amide bonds. The third-order valence-corrected chi connectivity index (χ3v) is 2.13. The Balaban J connectivity index is 2.67. The number of aliphatic hydroxyl groups is 1. The summed E-state index contributed by atoms with van der Waals surface area (Å²) in [4.78, 5) is 11.4. The zero-order valence-electron chi connectivity index (χ0n) is 7.73. The van der Waals surface area contributed by atoms with Crippen molar-refractivity contribution in [2.24, 2.45) is 0 Å². The van der Waals surface area contributed by atoms with E-state index in [1.807, 2.05) is 0 Å². The lowest BCUT2D eigenvalue weighted by Gasteiger charge is -2.04. The molecule has 0 aliphatic carbocycles. The molecule has 0 saturated carbocycles. The Hall–Kier alpha value is -2.28. The second-order valence-corrected chi connectivity index (χ2v) is 3.04. The number of hydrogen-bond acceptors (Lipinski definition) is 4. The van der Waals surface area contributed by atoms with Gasteiger partial charge < -0.3 is 9.84 Å². The van der Waals surface area contributed by atoms with Crippen molar-refractivity contribution in [2.45, 2.75) is 0 Å². The van der Waals surface area contributed by atoms with Crippen LogP contribution in [0.2, 0.25) is 0 Å². The molecule has 1 aliphatic heterocycles. The van der Waals surface area contributed by atoms with Gasteiger partial charge in [-0.15, -0.1) is 0 Å². The van der Waals surface area contributed by atoms with Crippen LogP contribution in [-0.4, -0.2) is 17.5 Å². The lowest BCUT2D eigenvalue weighted by atomic mass is 10.1. The van der Waals surface area contributed by atoms with Crippen LogP contribution < -0.4 is 4.74 Å². The molecule has 15 heavy (non-hydrogen) atoms. The summed E-state index contributed by atoms with van der Waals surface area (Å²) in [6.07, 6.45) is 0. The fourth-order valence-corrected chi connectivity index (χ4v) is 1.39. The van der Waals surface area contributed by atoms with E-state index in [1.54, 1.807) is 30.3 Å². The van der Waals surface area contributed by atoms with E-state index in [-0.39, 0.29) is 17.9 Å². The number of benzene rings is 1. The van der Waals surface area contributed by atoms with Crippen LogP contribution in [0.15, 0.2) is 29.8 Å². The second kappa shape index (κ2) is 3.46. The molecule has 1 heterocycles. The molecule has 0 radical (unpaired) electrons. The first-order chi connectivity index (χ1) is 7.24. The normalized spacial score (nSPS) is 15.0. The molecule has 0 fully saturated rings. The van der Waals surface area contributed by atoms with E-state index >= 15 is 0 Å². The van der Waals surface area contributed by atoms with Gasteiger partial charge in [0, 0.05) is 0 Å². The molecule has 0 spiro atoms. The SMILES string of the molecule is N#CC1=C(O)c2ccccc2OCC1=O. The van der Waals surface area contributed by atoms with Gasteiger partial charge in [-0.2, -0.15) is 5.26 Å². The zero-order valence-corrected chi connectivity index (χ0v) is 7.73. The van der Waals surface area contributed by atoms with Gasteiger partial charge in [0.1, 0.15) is 23.2 Å². The third kappa shape index (κ3) is 1.44. The second-order valence-electron chi connectivity index (χ2n) is 3.04. The van der Waals surface area contributed by atoms with Crippen LogP contribution in [-0.2, 0) is 4.79 Å². The van der Waals surface area contributed by atoms with Crippen molar-refractivity contribution in [1.29, 1.82) is 5.26 Å². The minimum atomic E-state index is -0.508. The number of Topliss-reactive ketones (excluding diaryl/α,β-unsaturated/α-hetero) is 1. The molecule has 0 atom stereocenters. The molecular formula is C11H7NO3. The first kappa shape index (κ1) is 9.28. The maximum atomic E-state index is 11.4. The molecule has 1 aliphatic rings. The first-order valence-electron chi connectivity index (χ1n) is 4.33. The molecule has 74 valence electrons. The maximum Gasteiger partial charge on any atom is 0.214 e. The van der Waals surface area contributed by atoms with Crippen LogP contribution in [0.25, 0.3) is 5.76 Å². The van der Waals surface area contributed by atoms with E-state index in [4.69, 9.17) is 10.00 Å². The van der Waals surface area contributed by atoms with Crippen LogP contribution in [0.1, 0.15) is 5.56 Å².